The van der Waals surface area contributed by atoms with Gasteiger partial charge in [-0.1, -0.05) is 34.1 Å². The van der Waals surface area contributed by atoms with Gasteiger partial charge in [-0.05, 0) is 48.4 Å². The van der Waals surface area contributed by atoms with Crippen LogP contribution in [-0.4, -0.2) is 0 Å². The Labute approximate surface area is 120 Å². The van der Waals surface area contributed by atoms with Crippen LogP contribution in [0.1, 0.15) is 29.7 Å². The van der Waals surface area contributed by atoms with Crippen LogP contribution in [0.5, 0.6) is 0 Å². The second-order valence-corrected chi connectivity index (χ2v) is 6.82. The molecule has 0 bridgehead atoms. The molecule has 0 saturated heterocycles. The van der Waals surface area contributed by atoms with E-state index >= 15 is 0 Å². The molecule has 0 spiro atoms. The van der Waals surface area contributed by atoms with Crippen molar-refractivity contribution in [1.82, 2.24) is 5.32 Å². The Hall–Kier alpha value is -0.640. The van der Waals surface area contributed by atoms with Gasteiger partial charge in [-0.25, -0.2) is 0 Å². The third kappa shape index (κ3) is 2.40. The average Bonchev–Trinajstić information content (AvgIpc) is 2.83. The van der Waals surface area contributed by atoms with Crippen LogP contribution in [0.2, 0.25) is 0 Å². The number of benzene rings is 1. The second-order valence-electron chi connectivity index (χ2n) is 4.88. The summed E-state index contributed by atoms with van der Waals surface area (Å²) in [4.78, 5) is 1.42. The Morgan fingerprint density at radius 3 is 2.50 bits per heavy atom. The standard InChI is InChI=1S/C15H16BrNS/c16-13-6-4-12(5-7-13)15(8-2-9-15)17-11-14-3-1-10-18-14/h1,3-7,10,17H,2,8-9,11H2. The fourth-order valence-electron chi connectivity index (χ4n) is 2.54. The van der Waals surface area contributed by atoms with E-state index in [0.29, 0.717) is 0 Å². The van der Waals surface area contributed by atoms with Crippen LogP contribution >= 0.6 is 27.3 Å². The zero-order valence-corrected chi connectivity index (χ0v) is 12.6. The molecule has 2 aromatic rings. The summed E-state index contributed by atoms with van der Waals surface area (Å²) in [7, 11) is 0. The van der Waals surface area contributed by atoms with Crippen molar-refractivity contribution < 1.29 is 0 Å². The van der Waals surface area contributed by atoms with Crippen molar-refractivity contribution in [2.45, 2.75) is 31.3 Å². The molecule has 18 heavy (non-hydrogen) atoms. The molecule has 0 aliphatic heterocycles. The molecular formula is C15H16BrNS. The maximum absolute atomic E-state index is 3.77. The summed E-state index contributed by atoms with van der Waals surface area (Å²) in [6.07, 6.45) is 3.83. The highest BCUT2D eigenvalue weighted by atomic mass is 79.9. The van der Waals surface area contributed by atoms with Crippen LogP contribution in [0.4, 0.5) is 0 Å². The highest BCUT2D eigenvalue weighted by Crippen LogP contribution is 2.41. The molecule has 1 aliphatic rings. The van der Waals surface area contributed by atoms with Gasteiger partial charge in [-0.2, -0.15) is 0 Å². The average molecular weight is 322 g/mol. The first-order chi connectivity index (χ1) is 8.78. The first-order valence-corrected chi connectivity index (χ1v) is 7.99. The summed E-state index contributed by atoms with van der Waals surface area (Å²) in [6.45, 7) is 0.980. The summed E-state index contributed by atoms with van der Waals surface area (Å²) in [5, 5.41) is 5.91. The predicted molar refractivity (Wildman–Crippen MR) is 80.8 cm³/mol. The maximum Gasteiger partial charge on any atom is 0.0437 e. The highest BCUT2D eigenvalue weighted by molar-refractivity contribution is 9.10. The lowest BCUT2D eigenvalue weighted by atomic mass is 9.72. The van der Waals surface area contributed by atoms with E-state index in [1.807, 2.05) is 11.3 Å². The molecule has 1 N–H and O–H groups in total. The van der Waals surface area contributed by atoms with Gasteiger partial charge in [0.15, 0.2) is 0 Å². The lowest BCUT2D eigenvalue weighted by Crippen LogP contribution is -2.47. The first-order valence-electron chi connectivity index (χ1n) is 6.32. The van der Waals surface area contributed by atoms with Crippen molar-refractivity contribution in [1.29, 1.82) is 0 Å². The highest BCUT2D eigenvalue weighted by Gasteiger charge is 2.37. The summed E-state index contributed by atoms with van der Waals surface area (Å²) in [5.41, 5.74) is 1.64. The van der Waals surface area contributed by atoms with Gasteiger partial charge in [-0.3, -0.25) is 0 Å². The molecular weight excluding hydrogens is 306 g/mol. The fraction of sp³-hybridized carbons (Fsp3) is 0.333. The molecule has 0 atom stereocenters. The predicted octanol–water partition coefficient (Wildman–Crippen LogP) is 4.68. The van der Waals surface area contributed by atoms with Gasteiger partial charge < -0.3 is 5.32 Å². The molecule has 1 aromatic carbocycles. The van der Waals surface area contributed by atoms with Crippen molar-refractivity contribution >= 4 is 27.3 Å². The number of nitrogens with one attached hydrogen (secondary N) is 1. The number of halogens is 1. The van der Waals surface area contributed by atoms with Gasteiger partial charge in [0.05, 0.1) is 0 Å². The lowest BCUT2D eigenvalue weighted by Gasteiger charge is -2.43. The van der Waals surface area contributed by atoms with Gasteiger partial charge in [0.25, 0.3) is 0 Å². The van der Waals surface area contributed by atoms with E-state index in [1.165, 1.54) is 29.7 Å². The van der Waals surface area contributed by atoms with E-state index in [1.54, 1.807) is 0 Å². The zero-order chi connectivity index (χ0) is 12.4. The van der Waals surface area contributed by atoms with E-state index in [4.69, 9.17) is 0 Å². The molecule has 3 rings (SSSR count). The minimum Gasteiger partial charge on any atom is -0.302 e. The van der Waals surface area contributed by atoms with Crippen LogP contribution in [0.3, 0.4) is 0 Å². The van der Waals surface area contributed by atoms with E-state index < -0.39 is 0 Å². The molecule has 0 radical (unpaired) electrons. The molecule has 3 heteroatoms. The monoisotopic (exact) mass is 321 g/mol. The number of hydrogen-bond donors (Lipinski definition) is 1. The fourth-order valence-corrected chi connectivity index (χ4v) is 3.45. The normalized spacial score (nSPS) is 17.4. The smallest absolute Gasteiger partial charge is 0.0437 e. The Morgan fingerprint density at radius 2 is 1.94 bits per heavy atom. The Balaban J connectivity index is 1.75. The molecule has 94 valence electrons. The Kier molecular flexibility index (Phi) is 3.55. The summed E-state index contributed by atoms with van der Waals surface area (Å²) in [6, 6.07) is 13.1. The van der Waals surface area contributed by atoms with Crippen molar-refractivity contribution in [3.63, 3.8) is 0 Å². The third-order valence-electron chi connectivity index (χ3n) is 3.79. The van der Waals surface area contributed by atoms with Crippen LogP contribution in [0, 0.1) is 0 Å². The minimum atomic E-state index is 0.213. The van der Waals surface area contributed by atoms with E-state index in [0.717, 1.165) is 11.0 Å². The molecule has 1 saturated carbocycles. The number of hydrogen-bond acceptors (Lipinski definition) is 2. The molecule has 1 aliphatic carbocycles. The molecule has 1 fully saturated rings. The Bertz CT molecular complexity index is 500. The van der Waals surface area contributed by atoms with Crippen molar-refractivity contribution in [3.8, 4) is 0 Å². The van der Waals surface area contributed by atoms with Gasteiger partial charge in [0, 0.05) is 21.4 Å². The van der Waals surface area contributed by atoms with Crippen molar-refractivity contribution in [2.75, 3.05) is 0 Å². The zero-order valence-electron chi connectivity index (χ0n) is 10.2. The number of rotatable bonds is 4. The van der Waals surface area contributed by atoms with E-state index in [2.05, 4.69) is 63.0 Å². The van der Waals surface area contributed by atoms with Gasteiger partial charge >= 0.3 is 0 Å². The van der Waals surface area contributed by atoms with E-state index in [9.17, 15) is 0 Å². The quantitative estimate of drug-likeness (QED) is 0.862. The van der Waals surface area contributed by atoms with Gasteiger partial charge in [0.1, 0.15) is 0 Å². The molecule has 0 amide bonds. The molecule has 1 heterocycles. The van der Waals surface area contributed by atoms with Gasteiger partial charge in [0.2, 0.25) is 0 Å². The molecule has 1 nitrogen and oxygen atoms in total. The largest absolute Gasteiger partial charge is 0.302 e. The second kappa shape index (κ2) is 5.16. The van der Waals surface area contributed by atoms with Gasteiger partial charge in [-0.15, -0.1) is 11.3 Å². The maximum atomic E-state index is 3.77. The third-order valence-corrected chi connectivity index (χ3v) is 5.19. The topological polar surface area (TPSA) is 12.0 Å². The molecule has 1 aromatic heterocycles. The molecule has 0 unspecified atom stereocenters. The van der Waals surface area contributed by atoms with Crippen LogP contribution in [0.25, 0.3) is 0 Å². The first kappa shape index (κ1) is 12.4. The van der Waals surface area contributed by atoms with Crippen molar-refractivity contribution in [3.05, 3.63) is 56.7 Å². The summed E-state index contributed by atoms with van der Waals surface area (Å²) < 4.78 is 1.15. The Morgan fingerprint density at radius 1 is 1.17 bits per heavy atom. The van der Waals surface area contributed by atoms with Crippen LogP contribution in [-0.2, 0) is 12.1 Å². The van der Waals surface area contributed by atoms with Crippen LogP contribution < -0.4 is 5.32 Å². The van der Waals surface area contributed by atoms with Crippen molar-refractivity contribution in [2.24, 2.45) is 0 Å². The SMILES string of the molecule is Brc1ccc(C2(NCc3cccs3)CCC2)cc1. The minimum absolute atomic E-state index is 0.213. The number of thiophene rings is 1. The summed E-state index contributed by atoms with van der Waals surface area (Å²) in [5.74, 6) is 0. The lowest BCUT2D eigenvalue weighted by molar-refractivity contribution is 0.184. The van der Waals surface area contributed by atoms with E-state index in [-0.39, 0.29) is 5.54 Å². The summed E-state index contributed by atoms with van der Waals surface area (Å²) >= 11 is 5.33. The van der Waals surface area contributed by atoms with Crippen LogP contribution in [0.15, 0.2) is 46.3 Å².